The van der Waals surface area contributed by atoms with Crippen molar-refractivity contribution in [3.8, 4) is 10.6 Å². The summed E-state index contributed by atoms with van der Waals surface area (Å²) in [6, 6.07) is 8.45. The van der Waals surface area contributed by atoms with Crippen LogP contribution in [0.15, 0.2) is 29.2 Å². The van der Waals surface area contributed by atoms with E-state index in [0.29, 0.717) is 0 Å². The van der Waals surface area contributed by atoms with E-state index >= 15 is 0 Å². The molecule has 1 heterocycles. The number of aromatic nitrogens is 2. The molecule has 0 amide bonds. The largest absolute Gasteiger partial charge is 0.383 e. The van der Waals surface area contributed by atoms with Gasteiger partial charge >= 0.3 is 0 Å². The van der Waals surface area contributed by atoms with E-state index in [0.717, 1.165) is 41.7 Å². The molecule has 0 aliphatic rings. The zero-order chi connectivity index (χ0) is 14.2. The van der Waals surface area contributed by atoms with E-state index < -0.39 is 0 Å². The molecule has 0 unspecified atom stereocenters. The highest BCUT2D eigenvalue weighted by Crippen LogP contribution is 2.25. The molecule has 1 aromatic heterocycles. The van der Waals surface area contributed by atoms with Crippen LogP contribution in [0.3, 0.4) is 0 Å². The molecule has 4 nitrogen and oxygen atoms in total. The predicted molar refractivity (Wildman–Crippen MR) is 85.6 cm³/mol. The van der Waals surface area contributed by atoms with Gasteiger partial charge in [-0.2, -0.15) is 0 Å². The molecule has 1 aromatic carbocycles. The minimum atomic E-state index is 0.739. The van der Waals surface area contributed by atoms with Crippen LogP contribution in [0.1, 0.15) is 5.01 Å². The fraction of sp³-hybridized carbons (Fsp3) is 0.429. The smallest absolute Gasteiger partial charge is 0.147 e. The first-order chi connectivity index (χ1) is 9.83. The number of ether oxygens (including phenoxy) is 1. The van der Waals surface area contributed by atoms with Gasteiger partial charge in [-0.25, -0.2) is 0 Å². The van der Waals surface area contributed by atoms with Crippen molar-refractivity contribution in [1.29, 1.82) is 0 Å². The lowest BCUT2D eigenvalue weighted by atomic mass is 10.2. The van der Waals surface area contributed by atoms with Crippen LogP contribution in [-0.2, 0) is 11.2 Å². The fourth-order valence-corrected chi connectivity index (χ4v) is 2.95. The standard InChI is InChI=1S/C14H19N3OS2/c1-18-10-9-15-8-7-13-16-17-14(20-13)11-3-5-12(19-2)6-4-11/h3-6,15H,7-10H2,1-2H3. The summed E-state index contributed by atoms with van der Waals surface area (Å²) in [6.45, 7) is 2.52. The van der Waals surface area contributed by atoms with Gasteiger partial charge in [-0.1, -0.05) is 23.5 Å². The van der Waals surface area contributed by atoms with Crippen LogP contribution in [0, 0.1) is 0 Å². The van der Waals surface area contributed by atoms with Gasteiger partial charge in [0.05, 0.1) is 6.61 Å². The molecule has 0 saturated carbocycles. The Bertz CT molecular complexity index is 513. The Kier molecular flexibility index (Phi) is 6.46. The number of nitrogens with one attached hydrogen (secondary N) is 1. The average Bonchev–Trinajstić information content (AvgIpc) is 2.96. The monoisotopic (exact) mass is 309 g/mol. The highest BCUT2D eigenvalue weighted by atomic mass is 32.2. The summed E-state index contributed by atoms with van der Waals surface area (Å²) in [5.41, 5.74) is 1.14. The fourth-order valence-electron chi connectivity index (χ4n) is 1.70. The molecule has 1 N–H and O–H groups in total. The molecule has 2 rings (SSSR count). The summed E-state index contributed by atoms with van der Waals surface area (Å²) >= 11 is 3.41. The van der Waals surface area contributed by atoms with Crippen molar-refractivity contribution in [1.82, 2.24) is 15.5 Å². The van der Waals surface area contributed by atoms with Crippen molar-refractivity contribution in [3.63, 3.8) is 0 Å². The van der Waals surface area contributed by atoms with Gasteiger partial charge in [0.15, 0.2) is 0 Å². The zero-order valence-corrected chi connectivity index (χ0v) is 13.4. The quantitative estimate of drug-likeness (QED) is 0.600. The first-order valence-electron chi connectivity index (χ1n) is 6.50. The lowest BCUT2D eigenvalue weighted by Crippen LogP contribution is -2.21. The van der Waals surface area contributed by atoms with E-state index in [1.807, 2.05) is 0 Å². The molecule has 6 heteroatoms. The summed E-state index contributed by atoms with van der Waals surface area (Å²) in [5, 5.41) is 13.9. The van der Waals surface area contributed by atoms with Crippen molar-refractivity contribution >= 4 is 23.1 Å². The van der Waals surface area contributed by atoms with Gasteiger partial charge in [-0.3, -0.25) is 0 Å². The molecule has 2 aromatic rings. The third-order valence-corrected chi connectivity index (χ3v) is 4.58. The number of methoxy groups -OCH3 is 1. The van der Waals surface area contributed by atoms with E-state index in [2.05, 4.69) is 46.0 Å². The van der Waals surface area contributed by atoms with Gasteiger partial charge in [0.25, 0.3) is 0 Å². The van der Waals surface area contributed by atoms with Gasteiger partial charge in [0.1, 0.15) is 10.0 Å². The topological polar surface area (TPSA) is 47.0 Å². The molecular formula is C14H19N3OS2. The molecular weight excluding hydrogens is 290 g/mol. The Morgan fingerprint density at radius 3 is 2.70 bits per heavy atom. The molecule has 108 valence electrons. The normalized spacial score (nSPS) is 10.9. The van der Waals surface area contributed by atoms with Crippen LogP contribution < -0.4 is 5.32 Å². The van der Waals surface area contributed by atoms with Crippen molar-refractivity contribution in [2.24, 2.45) is 0 Å². The number of benzene rings is 1. The Morgan fingerprint density at radius 1 is 1.20 bits per heavy atom. The van der Waals surface area contributed by atoms with Crippen LogP contribution in [0.4, 0.5) is 0 Å². The molecule has 0 atom stereocenters. The van der Waals surface area contributed by atoms with E-state index in [9.17, 15) is 0 Å². The van der Waals surface area contributed by atoms with Gasteiger partial charge in [0.2, 0.25) is 0 Å². The Balaban J connectivity index is 1.87. The van der Waals surface area contributed by atoms with Crippen LogP contribution in [-0.4, -0.2) is 43.3 Å². The van der Waals surface area contributed by atoms with Crippen molar-refractivity contribution in [2.45, 2.75) is 11.3 Å². The maximum Gasteiger partial charge on any atom is 0.147 e. The van der Waals surface area contributed by atoms with E-state index in [4.69, 9.17) is 4.74 Å². The van der Waals surface area contributed by atoms with Crippen LogP contribution in [0.2, 0.25) is 0 Å². The molecule has 0 saturated heterocycles. The average molecular weight is 309 g/mol. The summed E-state index contributed by atoms with van der Waals surface area (Å²) < 4.78 is 4.99. The molecule has 0 bridgehead atoms. The summed E-state index contributed by atoms with van der Waals surface area (Å²) in [4.78, 5) is 1.26. The van der Waals surface area contributed by atoms with E-state index in [-0.39, 0.29) is 0 Å². The van der Waals surface area contributed by atoms with Gasteiger partial charge < -0.3 is 10.1 Å². The molecule has 0 aliphatic carbocycles. The van der Waals surface area contributed by atoms with Crippen LogP contribution in [0.5, 0.6) is 0 Å². The summed E-state index contributed by atoms with van der Waals surface area (Å²) in [6.07, 6.45) is 2.99. The van der Waals surface area contributed by atoms with Crippen LogP contribution >= 0.6 is 23.1 Å². The molecule has 0 spiro atoms. The number of hydrogen-bond donors (Lipinski definition) is 1. The Hall–Kier alpha value is -0.950. The maximum atomic E-state index is 4.99. The second-order valence-electron chi connectivity index (χ2n) is 4.22. The highest BCUT2D eigenvalue weighted by molar-refractivity contribution is 7.98. The molecule has 0 fully saturated rings. The minimum Gasteiger partial charge on any atom is -0.383 e. The Morgan fingerprint density at radius 2 is 2.00 bits per heavy atom. The summed E-state index contributed by atoms with van der Waals surface area (Å²) in [5.74, 6) is 0. The second-order valence-corrected chi connectivity index (χ2v) is 6.16. The van der Waals surface area contributed by atoms with E-state index in [1.54, 1.807) is 30.2 Å². The number of thioether (sulfide) groups is 1. The van der Waals surface area contributed by atoms with Crippen molar-refractivity contribution in [3.05, 3.63) is 29.3 Å². The van der Waals surface area contributed by atoms with Crippen molar-refractivity contribution in [2.75, 3.05) is 33.1 Å². The molecule has 0 aliphatic heterocycles. The van der Waals surface area contributed by atoms with E-state index in [1.165, 1.54) is 4.90 Å². The number of nitrogens with zero attached hydrogens (tertiary/aromatic N) is 2. The minimum absolute atomic E-state index is 0.739. The highest BCUT2D eigenvalue weighted by Gasteiger charge is 2.06. The third-order valence-electron chi connectivity index (χ3n) is 2.80. The van der Waals surface area contributed by atoms with Gasteiger partial charge in [-0.15, -0.1) is 22.0 Å². The van der Waals surface area contributed by atoms with Gasteiger partial charge in [-0.05, 0) is 18.4 Å². The number of rotatable bonds is 8. The molecule has 0 radical (unpaired) electrons. The first kappa shape index (κ1) is 15.4. The SMILES string of the molecule is COCCNCCc1nnc(-c2ccc(SC)cc2)s1. The maximum absolute atomic E-state index is 4.99. The summed E-state index contributed by atoms with van der Waals surface area (Å²) in [7, 11) is 1.71. The zero-order valence-electron chi connectivity index (χ0n) is 11.8. The van der Waals surface area contributed by atoms with Crippen molar-refractivity contribution < 1.29 is 4.74 Å². The van der Waals surface area contributed by atoms with Gasteiger partial charge in [0, 0.05) is 37.1 Å². The van der Waals surface area contributed by atoms with Crippen LogP contribution in [0.25, 0.3) is 10.6 Å². The second kappa shape index (κ2) is 8.36. The Labute approximate surface area is 128 Å². The first-order valence-corrected chi connectivity index (χ1v) is 8.54. The number of hydrogen-bond acceptors (Lipinski definition) is 6. The lowest BCUT2D eigenvalue weighted by molar-refractivity contribution is 0.199. The predicted octanol–water partition coefficient (Wildman–Crippen LogP) is 2.71. The molecule has 20 heavy (non-hydrogen) atoms. The lowest BCUT2D eigenvalue weighted by Gasteiger charge is -2.00. The third kappa shape index (κ3) is 4.56.